The number of methoxy groups -OCH3 is 1. The number of hydrogen-bond acceptors (Lipinski definition) is 6. The lowest BCUT2D eigenvalue weighted by Gasteiger charge is -2.17. The normalized spacial score (nSPS) is 14.1. The molecule has 0 saturated carbocycles. The van der Waals surface area contributed by atoms with Crippen molar-refractivity contribution in [1.82, 2.24) is 4.90 Å². The van der Waals surface area contributed by atoms with E-state index in [0.29, 0.717) is 16.2 Å². The maximum Gasteiger partial charge on any atom is 0.269 e. The van der Waals surface area contributed by atoms with Crippen LogP contribution in [0.5, 0.6) is 5.75 Å². The second-order valence-corrected chi connectivity index (χ2v) is 8.27. The van der Waals surface area contributed by atoms with Crippen molar-refractivity contribution in [2.45, 2.75) is 25.6 Å². The van der Waals surface area contributed by atoms with Crippen LogP contribution in [0.3, 0.4) is 0 Å². The van der Waals surface area contributed by atoms with Crippen LogP contribution in [0, 0.1) is 10.1 Å². The summed E-state index contributed by atoms with van der Waals surface area (Å²) in [7, 11) is 1.53. The second-order valence-electron chi connectivity index (χ2n) is 6.68. The molecule has 29 heavy (non-hydrogen) atoms. The molecule has 0 aromatic heterocycles. The number of nitro groups is 1. The van der Waals surface area contributed by atoms with E-state index in [4.69, 9.17) is 4.74 Å². The highest BCUT2D eigenvalue weighted by Gasteiger charge is 2.39. The van der Waals surface area contributed by atoms with Gasteiger partial charge in [-0.1, -0.05) is 32.0 Å². The standard InChI is InChI=1S/C21H20N2O5S/c1-13(2)29-19-18(14-8-10-16(11-9-14)23(26)27)20(24)22(21(19)25)12-15-6-4-5-7-17(15)28-3/h4-11,13H,12H2,1-3H3. The van der Waals surface area contributed by atoms with Crippen molar-refractivity contribution in [3.05, 3.63) is 74.7 Å². The van der Waals surface area contributed by atoms with Crippen LogP contribution in [-0.2, 0) is 16.1 Å². The molecule has 2 amide bonds. The molecule has 0 bridgehead atoms. The first kappa shape index (κ1) is 20.6. The summed E-state index contributed by atoms with van der Waals surface area (Å²) in [4.78, 5) is 38.3. The summed E-state index contributed by atoms with van der Waals surface area (Å²) in [5.74, 6) is -0.194. The maximum atomic E-state index is 13.2. The Morgan fingerprint density at radius 2 is 1.72 bits per heavy atom. The maximum absolute atomic E-state index is 13.2. The fraction of sp³-hybridized carbons (Fsp3) is 0.238. The molecule has 3 rings (SSSR count). The van der Waals surface area contributed by atoms with Gasteiger partial charge in [-0.15, -0.1) is 11.8 Å². The number of benzene rings is 2. The van der Waals surface area contributed by atoms with Gasteiger partial charge in [0.15, 0.2) is 0 Å². The molecule has 0 fully saturated rings. The molecule has 8 heteroatoms. The first-order valence-corrected chi connectivity index (χ1v) is 9.85. The lowest BCUT2D eigenvalue weighted by atomic mass is 10.1. The molecule has 2 aromatic rings. The first-order valence-electron chi connectivity index (χ1n) is 8.97. The third kappa shape index (κ3) is 4.17. The Morgan fingerprint density at radius 3 is 2.31 bits per heavy atom. The van der Waals surface area contributed by atoms with Gasteiger partial charge in [0.25, 0.3) is 17.5 Å². The third-order valence-corrected chi connectivity index (χ3v) is 5.45. The lowest BCUT2D eigenvalue weighted by Crippen LogP contribution is -2.31. The number of nitrogens with zero attached hydrogens (tertiary/aromatic N) is 2. The Bertz CT molecular complexity index is 998. The smallest absolute Gasteiger partial charge is 0.269 e. The quantitative estimate of drug-likeness (QED) is 0.388. The number of amides is 2. The molecule has 1 aliphatic heterocycles. The fourth-order valence-electron chi connectivity index (χ4n) is 3.05. The monoisotopic (exact) mass is 412 g/mol. The minimum atomic E-state index is -0.502. The van der Waals surface area contributed by atoms with E-state index in [0.717, 1.165) is 5.56 Å². The highest BCUT2D eigenvalue weighted by atomic mass is 32.2. The highest BCUT2D eigenvalue weighted by Crippen LogP contribution is 2.39. The van der Waals surface area contributed by atoms with E-state index in [1.54, 1.807) is 12.1 Å². The van der Waals surface area contributed by atoms with Gasteiger partial charge >= 0.3 is 0 Å². The predicted octanol–water partition coefficient (Wildman–Crippen LogP) is 4.03. The van der Waals surface area contributed by atoms with Gasteiger partial charge in [-0.05, 0) is 23.8 Å². The van der Waals surface area contributed by atoms with Crippen LogP contribution in [0.15, 0.2) is 53.4 Å². The summed E-state index contributed by atoms with van der Waals surface area (Å²) in [6.07, 6.45) is 0. The Balaban J connectivity index is 2.00. The molecule has 0 atom stereocenters. The van der Waals surface area contributed by atoms with E-state index >= 15 is 0 Å². The lowest BCUT2D eigenvalue weighted by molar-refractivity contribution is -0.384. The fourth-order valence-corrected chi connectivity index (χ4v) is 4.06. The van der Waals surface area contributed by atoms with E-state index in [1.165, 1.54) is 48.0 Å². The van der Waals surface area contributed by atoms with Crippen LogP contribution in [0.4, 0.5) is 5.69 Å². The Hall–Kier alpha value is -3.13. The molecule has 0 saturated heterocycles. The van der Waals surface area contributed by atoms with E-state index in [-0.39, 0.29) is 29.0 Å². The van der Waals surface area contributed by atoms with Crippen molar-refractivity contribution in [3.63, 3.8) is 0 Å². The second kappa shape index (κ2) is 8.48. The van der Waals surface area contributed by atoms with E-state index in [1.807, 2.05) is 26.0 Å². The van der Waals surface area contributed by atoms with Crippen LogP contribution >= 0.6 is 11.8 Å². The van der Waals surface area contributed by atoms with Crippen LogP contribution in [0.2, 0.25) is 0 Å². The Kier molecular flexibility index (Phi) is 6.03. The van der Waals surface area contributed by atoms with Crippen LogP contribution < -0.4 is 4.74 Å². The molecule has 7 nitrogen and oxygen atoms in total. The van der Waals surface area contributed by atoms with Crippen molar-refractivity contribution < 1.29 is 19.2 Å². The Morgan fingerprint density at radius 1 is 1.07 bits per heavy atom. The van der Waals surface area contributed by atoms with E-state index in [2.05, 4.69) is 0 Å². The molecule has 0 radical (unpaired) electrons. The summed E-state index contributed by atoms with van der Waals surface area (Å²) >= 11 is 1.31. The van der Waals surface area contributed by atoms with Gasteiger partial charge in [-0.2, -0.15) is 0 Å². The van der Waals surface area contributed by atoms with E-state index < -0.39 is 10.8 Å². The molecule has 0 spiro atoms. The zero-order valence-corrected chi connectivity index (χ0v) is 17.1. The van der Waals surface area contributed by atoms with Crippen molar-refractivity contribution in [2.24, 2.45) is 0 Å². The molecule has 150 valence electrons. The minimum absolute atomic E-state index is 0.0740. The predicted molar refractivity (Wildman–Crippen MR) is 111 cm³/mol. The number of rotatable bonds is 7. The van der Waals surface area contributed by atoms with Gasteiger partial charge < -0.3 is 4.74 Å². The average Bonchev–Trinajstić information content (AvgIpc) is 2.92. The number of ether oxygens (including phenoxy) is 1. The number of carbonyl (C=O) groups is 2. The zero-order valence-electron chi connectivity index (χ0n) is 16.2. The molecule has 2 aromatic carbocycles. The molecule has 0 N–H and O–H groups in total. The Labute approximate surface area is 172 Å². The summed E-state index contributed by atoms with van der Waals surface area (Å²) < 4.78 is 5.33. The minimum Gasteiger partial charge on any atom is -0.496 e. The van der Waals surface area contributed by atoms with Crippen molar-refractivity contribution in [2.75, 3.05) is 7.11 Å². The number of hydrogen-bond donors (Lipinski definition) is 0. The number of para-hydroxylation sites is 1. The van der Waals surface area contributed by atoms with Crippen molar-refractivity contribution in [1.29, 1.82) is 0 Å². The number of thioether (sulfide) groups is 1. The summed E-state index contributed by atoms with van der Waals surface area (Å²) in [5.41, 5.74) is 1.41. The number of nitro benzene ring substituents is 1. The van der Waals surface area contributed by atoms with Gasteiger partial charge in [-0.25, -0.2) is 0 Å². The van der Waals surface area contributed by atoms with Crippen molar-refractivity contribution in [3.8, 4) is 5.75 Å². The van der Waals surface area contributed by atoms with Crippen LogP contribution in [0.25, 0.3) is 5.57 Å². The van der Waals surface area contributed by atoms with Crippen LogP contribution in [-0.4, -0.2) is 34.0 Å². The van der Waals surface area contributed by atoms with Gasteiger partial charge in [0.2, 0.25) is 0 Å². The van der Waals surface area contributed by atoms with Crippen molar-refractivity contribution >= 4 is 34.8 Å². The summed E-state index contributed by atoms with van der Waals surface area (Å²) in [6.45, 7) is 3.96. The molecule has 1 aliphatic rings. The van der Waals surface area contributed by atoms with Gasteiger partial charge in [-0.3, -0.25) is 24.6 Å². The highest BCUT2D eigenvalue weighted by molar-refractivity contribution is 8.04. The van der Waals surface area contributed by atoms with Crippen LogP contribution in [0.1, 0.15) is 25.0 Å². The van der Waals surface area contributed by atoms with Gasteiger partial charge in [0, 0.05) is 22.9 Å². The molecular formula is C21H20N2O5S. The van der Waals surface area contributed by atoms with E-state index in [9.17, 15) is 19.7 Å². The molecule has 0 unspecified atom stereocenters. The number of carbonyl (C=O) groups excluding carboxylic acids is 2. The molecule has 0 aliphatic carbocycles. The summed E-state index contributed by atoms with van der Waals surface area (Å²) in [6, 6.07) is 12.9. The largest absolute Gasteiger partial charge is 0.496 e. The number of imide groups is 1. The molecular weight excluding hydrogens is 392 g/mol. The number of non-ortho nitro benzene ring substituents is 1. The SMILES string of the molecule is COc1ccccc1CN1C(=O)C(SC(C)C)=C(c2ccc([N+](=O)[O-])cc2)C1=O. The topological polar surface area (TPSA) is 89.8 Å². The van der Waals surface area contributed by atoms with Gasteiger partial charge in [0.05, 0.1) is 29.1 Å². The first-order chi connectivity index (χ1) is 13.8. The molecule has 1 heterocycles. The zero-order chi connectivity index (χ0) is 21.1. The third-order valence-electron chi connectivity index (χ3n) is 4.37. The summed E-state index contributed by atoms with van der Waals surface area (Å²) in [5, 5.41) is 11.0. The average molecular weight is 412 g/mol. The van der Waals surface area contributed by atoms with Gasteiger partial charge in [0.1, 0.15) is 5.75 Å².